The van der Waals surface area contributed by atoms with E-state index in [-0.39, 0.29) is 5.41 Å². The minimum atomic E-state index is -0.141. The Labute approximate surface area is 128 Å². The first-order valence-electron chi connectivity index (χ1n) is 5.68. The fraction of sp³-hybridized carbons (Fsp3) is 0.308. The molecule has 4 nitrogen and oxygen atoms in total. The zero-order chi connectivity index (χ0) is 14.0. The van der Waals surface area contributed by atoms with E-state index in [1.54, 1.807) is 18.5 Å². The number of aromatic nitrogens is 3. The Morgan fingerprint density at radius 1 is 1.05 bits per heavy atom. The summed E-state index contributed by atoms with van der Waals surface area (Å²) in [5.74, 6) is 1.84. The smallest absolute Gasteiger partial charge is 0.223 e. The molecule has 0 aliphatic heterocycles. The van der Waals surface area contributed by atoms with Crippen molar-refractivity contribution >= 4 is 31.9 Å². The first-order valence-corrected chi connectivity index (χ1v) is 7.27. The van der Waals surface area contributed by atoms with Gasteiger partial charge in [-0.05, 0) is 37.9 Å². The van der Waals surface area contributed by atoms with Gasteiger partial charge >= 0.3 is 0 Å². The SMILES string of the molecule is CC(C)(C)c1nc(Br)cc(Oc2cncc(Br)c2)n1. The molecule has 0 saturated heterocycles. The molecule has 0 aliphatic carbocycles. The zero-order valence-corrected chi connectivity index (χ0v) is 14.0. The van der Waals surface area contributed by atoms with Gasteiger partial charge in [0.2, 0.25) is 5.88 Å². The average molecular weight is 387 g/mol. The van der Waals surface area contributed by atoms with Crippen LogP contribution in [0.4, 0.5) is 0 Å². The molecule has 0 unspecified atom stereocenters. The Balaban J connectivity index is 2.33. The normalized spacial score (nSPS) is 11.4. The van der Waals surface area contributed by atoms with E-state index in [0.717, 1.165) is 10.3 Å². The lowest BCUT2D eigenvalue weighted by atomic mass is 9.96. The summed E-state index contributed by atoms with van der Waals surface area (Å²) in [6.45, 7) is 6.16. The Bertz CT molecular complexity index is 597. The molecule has 0 radical (unpaired) electrons. The van der Waals surface area contributed by atoms with Gasteiger partial charge in [-0.3, -0.25) is 4.98 Å². The average Bonchev–Trinajstić information content (AvgIpc) is 2.26. The zero-order valence-electron chi connectivity index (χ0n) is 10.8. The first-order chi connectivity index (χ1) is 8.84. The molecule has 0 fully saturated rings. The van der Waals surface area contributed by atoms with Gasteiger partial charge in [0.25, 0.3) is 0 Å². The van der Waals surface area contributed by atoms with Gasteiger partial charge in [-0.1, -0.05) is 20.8 Å². The first kappa shape index (κ1) is 14.4. The number of rotatable bonds is 2. The van der Waals surface area contributed by atoms with Crippen molar-refractivity contribution in [3.8, 4) is 11.6 Å². The molecule has 0 amide bonds. The summed E-state index contributed by atoms with van der Waals surface area (Å²) in [6.07, 6.45) is 3.33. The Morgan fingerprint density at radius 2 is 1.79 bits per heavy atom. The largest absolute Gasteiger partial charge is 0.437 e. The van der Waals surface area contributed by atoms with Crippen LogP contribution in [0.5, 0.6) is 11.6 Å². The molecule has 0 N–H and O–H groups in total. The number of ether oxygens (including phenoxy) is 1. The molecule has 0 aromatic carbocycles. The number of nitrogens with zero attached hydrogens (tertiary/aromatic N) is 3. The topological polar surface area (TPSA) is 47.9 Å². The van der Waals surface area contributed by atoms with Gasteiger partial charge < -0.3 is 4.74 Å². The summed E-state index contributed by atoms with van der Waals surface area (Å²) >= 11 is 6.73. The summed E-state index contributed by atoms with van der Waals surface area (Å²) in [6, 6.07) is 3.57. The van der Waals surface area contributed by atoms with Crippen molar-refractivity contribution in [1.29, 1.82) is 0 Å². The van der Waals surface area contributed by atoms with E-state index in [2.05, 4.69) is 67.6 Å². The van der Waals surface area contributed by atoms with E-state index in [1.165, 1.54) is 0 Å². The molecule has 2 aromatic rings. The fourth-order valence-corrected chi connectivity index (χ4v) is 2.06. The maximum absolute atomic E-state index is 5.70. The van der Waals surface area contributed by atoms with Crippen molar-refractivity contribution in [3.63, 3.8) is 0 Å². The predicted molar refractivity (Wildman–Crippen MR) is 80.4 cm³/mol. The predicted octanol–water partition coefficient (Wildman–Crippen LogP) is 4.49. The Hall–Kier alpha value is -1.01. The fourth-order valence-electron chi connectivity index (χ4n) is 1.35. The highest BCUT2D eigenvalue weighted by Crippen LogP contribution is 2.27. The van der Waals surface area contributed by atoms with Crippen molar-refractivity contribution < 1.29 is 4.74 Å². The van der Waals surface area contributed by atoms with Crippen molar-refractivity contribution in [1.82, 2.24) is 15.0 Å². The standard InChI is InChI=1S/C13H13Br2N3O/c1-13(2,3)12-17-10(15)5-11(18-12)19-9-4-8(14)6-16-7-9/h4-7H,1-3H3. The highest BCUT2D eigenvalue weighted by Gasteiger charge is 2.19. The third kappa shape index (κ3) is 3.98. The molecule has 0 aliphatic rings. The maximum atomic E-state index is 5.70. The lowest BCUT2D eigenvalue weighted by Crippen LogP contribution is -2.16. The van der Waals surface area contributed by atoms with E-state index in [0.29, 0.717) is 16.2 Å². The van der Waals surface area contributed by atoms with Gasteiger partial charge in [-0.25, -0.2) is 4.98 Å². The van der Waals surface area contributed by atoms with Gasteiger partial charge in [0.15, 0.2) is 0 Å². The summed E-state index contributed by atoms with van der Waals surface area (Å²) in [5, 5.41) is 0. The minimum Gasteiger partial charge on any atom is -0.437 e. The molecule has 0 atom stereocenters. The molecule has 0 bridgehead atoms. The quantitative estimate of drug-likeness (QED) is 0.713. The van der Waals surface area contributed by atoms with Crippen molar-refractivity contribution in [2.45, 2.75) is 26.2 Å². The van der Waals surface area contributed by atoms with E-state index in [1.807, 2.05) is 6.07 Å². The van der Waals surface area contributed by atoms with E-state index >= 15 is 0 Å². The highest BCUT2D eigenvalue weighted by molar-refractivity contribution is 9.10. The number of pyridine rings is 1. The Morgan fingerprint density at radius 3 is 2.42 bits per heavy atom. The van der Waals surface area contributed by atoms with Crippen molar-refractivity contribution in [2.75, 3.05) is 0 Å². The number of hydrogen-bond donors (Lipinski definition) is 0. The van der Waals surface area contributed by atoms with E-state index < -0.39 is 0 Å². The molecule has 2 aromatic heterocycles. The molecule has 19 heavy (non-hydrogen) atoms. The van der Waals surface area contributed by atoms with Crippen molar-refractivity contribution in [2.24, 2.45) is 0 Å². The van der Waals surface area contributed by atoms with Crippen LogP contribution in [0.2, 0.25) is 0 Å². The molecular formula is C13H13Br2N3O. The molecule has 100 valence electrons. The van der Waals surface area contributed by atoms with Crippen LogP contribution in [0.1, 0.15) is 26.6 Å². The molecule has 6 heteroatoms. The Kier molecular flexibility index (Phi) is 4.20. The molecular weight excluding hydrogens is 374 g/mol. The minimum absolute atomic E-state index is 0.141. The summed E-state index contributed by atoms with van der Waals surface area (Å²) in [7, 11) is 0. The van der Waals surface area contributed by atoms with Gasteiger partial charge in [0.05, 0.1) is 6.20 Å². The van der Waals surface area contributed by atoms with Gasteiger partial charge in [0, 0.05) is 22.2 Å². The van der Waals surface area contributed by atoms with Gasteiger partial charge in [-0.2, -0.15) is 4.98 Å². The van der Waals surface area contributed by atoms with E-state index in [9.17, 15) is 0 Å². The van der Waals surface area contributed by atoms with Crippen LogP contribution in [0.3, 0.4) is 0 Å². The van der Waals surface area contributed by atoms with Crippen LogP contribution in [0.25, 0.3) is 0 Å². The van der Waals surface area contributed by atoms with Crippen molar-refractivity contribution in [3.05, 3.63) is 39.4 Å². The van der Waals surface area contributed by atoms with Crippen LogP contribution in [-0.4, -0.2) is 15.0 Å². The molecule has 0 saturated carbocycles. The number of halogens is 2. The van der Waals surface area contributed by atoms with Crippen LogP contribution in [0, 0.1) is 0 Å². The monoisotopic (exact) mass is 385 g/mol. The number of hydrogen-bond acceptors (Lipinski definition) is 4. The second-order valence-corrected chi connectivity index (χ2v) is 6.77. The molecule has 2 heterocycles. The molecule has 0 spiro atoms. The summed E-state index contributed by atoms with van der Waals surface area (Å²) in [5.41, 5.74) is -0.141. The lowest BCUT2D eigenvalue weighted by molar-refractivity contribution is 0.442. The second-order valence-electron chi connectivity index (χ2n) is 5.04. The maximum Gasteiger partial charge on any atom is 0.223 e. The highest BCUT2D eigenvalue weighted by atomic mass is 79.9. The third-order valence-corrected chi connectivity index (χ3v) is 3.08. The second kappa shape index (κ2) is 5.54. The van der Waals surface area contributed by atoms with Gasteiger partial charge in [-0.15, -0.1) is 0 Å². The lowest BCUT2D eigenvalue weighted by Gasteiger charge is -2.17. The van der Waals surface area contributed by atoms with Crippen LogP contribution in [0.15, 0.2) is 33.6 Å². The summed E-state index contributed by atoms with van der Waals surface area (Å²) < 4.78 is 7.26. The molecule has 2 rings (SSSR count). The third-order valence-electron chi connectivity index (χ3n) is 2.24. The van der Waals surface area contributed by atoms with Crippen LogP contribution >= 0.6 is 31.9 Å². The summed E-state index contributed by atoms with van der Waals surface area (Å²) in [4.78, 5) is 12.8. The van der Waals surface area contributed by atoms with Gasteiger partial charge in [0.1, 0.15) is 16.2 Å². The van der Waals surface area contributed by atoms with E-state index in [4.69, 9.17) is 4.74 Å². The van der Waals surface area contributed by atoms with Crippen LogP contribution in [-0.2, 0) is 5.41 Å². The van der Waals surface area contributed by atoms with Crippen LogP contribution < -0.4 is 4.74 Å².